The summed E-state index contributed by atoms with van der Waals surface area (Å²) >= 11 is 0. The van der Waals surface area contributed by atoms with E-state index in [0.717, 1.165) is 36.0 Å². The third kappa shape index (κ3) is 5.43. The van der Waals surface area contributed by atoms with Crippen LogP contribution in [-0.4, -0.2) is 30.1 Å². The number of carbonyl (C=O) groups is 1. The SMILES string of the molecule is COC(c1ccc(OC(F)(F)F)cc1)C1CC1c1ccc(OC(C)(C)C(=O)O)c(C2CC2)c1. The highest BCUT2D eigenvalue weighted by atomic mass is 19.4. The summed E-state index contributed by atoms with van der Waals surface area (Å²) in [5.74, 6) is 0.141. The Morgan fingerprint density at radius 3 is 2.27 bits per heavy atom. The Morgan fingerprint density at radius 2 is 1.73 bits per heavy atom. The van der Waals surface area contributed by atoms with Crippen LogP contribution in [0.5, 0.6) is 11.5 Å². The average Bonchev–Trinajstić information content (AvgIpc) is 3.63. The maximum Gasteiger partial charge on any atom is 0.573 e. The molecule has 4 rings (SSSR count). The van der Waals surface area contributed by atoms with Gasteiger partial charge >= 0.3 is 12.3 Å². The van der Waals surface area contributed by atoms with E-state index in [2.05, 4.69) is 10.8 Å². The molecule has 1 N–H and O–H groups in total. The van der Waals surface area contributed by atoms with Gasteiger partial charge in [-0.2, -0.15) is 0 Å². The molecule has 33 heavy (non-hydrogen) atoms. The minimum absolute atomic E-state index is 0.193. The van der Waals surface area contributed by atoms with Gasteiger partial charge in [0.2, 0.25) is 0 Å². The van der Waals surface area contributed by atoms with Gasteiger partial charge in [0.1, 0.15) is 11.5 Å². The second-order valence-corrected chi connectivity index (χ2v) is 9.27. The number of hydrogen-bond donors (Lipinski definition) is 1. The monoisotopic (exact) mass is 464 g/mol. The molecule has 0 aliphatic heterocycles. The van der Waals surface area contributed by atoms with Gasteiger partial charge in [0.15, 0.2) is 5.60 Å². The smallest absolute Gasteiger partial charge is 0.478 e. The number of methoxy groups -OCH3 is 1. The molecule has 0 spiro atoms. The van der Waals surface area contributed by atoms with Crippen molar-refractivity contribution in [2.24, 2.45) is 5.92 Å². The summed E-state index contributed by atoms with van der Waals surface area (Å²) in [5, 5.41) is 9.40. The molecule has 2 fully saturated rings. The first-order valence-corrected chi connectivity index (χ1v) is 10.9. The molecule has 2 aromatic carbocycles. The fraction of sp³-hybridized carbons (Fsp3) is 0.480. The lowest BCUT2D eigenvalue weighted by atomic mass is 9.98. The topological polar surface area (TPSA) is 65.0 Å². The molecule has 0 aromatic heterocycles. The van der Waals surface area contributed by atoms with Crippen molar-refractivity contribution in [1.82, 2.24) is 0 Å². The Morgan fingerprint density at radius 1 is 1.06 bits per heavy atom. The van der Waals surface area contributed by atoms with Crippen LogP contribution in [-0.2, 0) is 9.53 Å². The van der Waals surface area contributed by atoms with Crippen LogP contribution in [0.2, 0.25) is 0 Å². The zero-order valence-electron chi connectivity index (χ0n) is 18.7. The normalized spacial score (nSPS) is 21.4. The molecule has 178 valence electrons. The fourth-order valence-corrected chi connectivity index (χ4v) is 4.27. The van der Waals surface area contributed by atoms with Gasteiger partial charge in [0, 0.05) is 7.11 Å². The Kier molecular flexibility index (Phi) is 6.07. The summed E-state index contributed by atoms with van der Waals surface area (Å²) in [6.45, 7) is 3.07. The van der Waals surface area contributed by atoms with Gasteiger partial charge in [-0.15, -0.1) is 13.2 Å². The summed E-state index contributed by atoms with van der Waals surface area (Å²) in [5.41, 5.74) is 1.65. The standard InChI is InChI=1S/C25H27F3O5/c1-24(2,23(29)30)33-21-11-8-16(12-19(21)14-4-5-14)18-13-20(18)22(31-3)15-6-9-17(10-7-15)32-25(26,27)28/h6-12,14,18,20,22H,4-5,13H2,1-3H3,(H,29,30). The van der Waals surface area contributed by atoms with Gasteiger partial charge in [-0.3, -0.25) is 0 Å². The Balaban J connectivity index is 1.49. The molecule has 2 aliphatic rings. The van der Waals surface area contributed by atoms with E-state index in [1.54, 1.807) is 19.2 Å². The Bertz CT molecular complexity index is 1010. The third-order valence-corrected chi connectivity index (χ3v) is 6.28. The highest BCUT2D eigenvalue weighted by Gasteiger charge is 2.45. The van der Waals surface area contributed by atoms with Gasteiger partial charge in [-0.25, -0.2) is 4.79 Å². The van der Waals surface area contributed by atoms with Crippen molar-refractivity contribution in [2.45, 2.75) is 63.0 Å². The lowest BCUT2D eigenvalue weighted by Gasteiger charge is -2.24. The molecule has 3 atom stereocenters. The number of ether oxygens (including phenoxy) is 3. The summed E-state index contributed by atoms with van der Waals surface area (Å²) in [6, 6.07) is 11.7. The van der Waals surface area contributed by atoms with Gasteiger partial charge in [-0.05, 0) is 85.8 Å². The van der Waals surface area contributed by atoms with Crippen molar-refractivity contribution < 1.29 is 37.3 Å². The van der Waals surface area contributed by atoms with Crippen LogP contribution in [0.25, 0.3) is 0 Å². The highest BCUT2D eigenvalue weighted by molar-refractivity contribution is 5.76. The summed E-state index contributed by atoms with van der Waals surface area (Å²) in [6.07, 6.45) is -1.98. The zero-order chi connectivity index (χ0) is 24.0. The highest BCUT2D eigenvalue weighted by Crippen LogP contribution is 2.56. The number of alkyl halides is 3. The average molecular weight is 464 g/mol. The molecule has 3 unspecified atom stereocenters. The second kappa shape index (κ2) is 8.56. The van der Waals surface area contributed by atoms with Crippen molar-refractivity contribution >= 4 is 5.97 Å². The van der Waals surface area contributed by atoms with E-state index < -0.39 is 17.9 Å². The maximum absolute atomic E-state index is 12.4. The van der Waals surface area contributed by atoms with Gasteiger partial charge in [-0.1, -0.05) is 24.3 Å². The molecule has 0 heterocycles. The first-order valence-electron chi connectivity index (χ1n) is 10.9. The Labute approximate surface area is 190 Å². The zero-order valence-corrected chi connectivity index (χ0v) is 18.7. The van der Waals surface area contributed by atoms with Crippen LogP contribution in [0, 0.1) is 5.92 Å². The fourth-order valence-electron chi connectivity index (χ4n) is 4.27. The largest absolute Gasteiger partial charge is 0.573 e. The number of hydrogen-bond acceptors (Lipinski definition) is 4. The quantitative estimate of drug-likeness (QED) is 0.479. The summed E-state index contributed by atoms with van der Waals surface area (Å²) in [7, 11) is 1.60. The van der Waals surface area contributed by atoms with Crippen LogP contribution in [0.3, 0.4) is 0 Å². The molecule has 2 aromatic rings. The minimum Gasteiger partial charge on any atom is -0.478 e. The number of aliphatic carboxylic acids is 1. The van der Waals surface area contributed by atoms with Crippen molar-refractivity contribution in [1.29, 1.82) is 0 Å². The molecule has 0 bridgehead atoms. The third-order valence-electron chi connectivity index (χ3n) is 6.28. The van der Waals surface area contributed by atoms with E-state index in [0.29, 0.717) is 11.7 Å². The van der Waals surface area contributed by atoms with Gasteiger partial charge < -0.3 is 19.3 Å². The predicted octanol–water partition coefficient (Wildman–Crippen LogP) is 6.20. The number of carboxylic acids is 1. The minimum atomic E-state index is -4.72. The first-order chi connectivity index (χ1) is 15.5. The summed E-state index contributed by atoms with van der Waals surface area (Å²) in [4.78, 5) is 11.5. The van der Waals surface area contributed by atoms with Crippen molar-refractivity contribution in [3.05, 3.63) is 59.2 Å². The van der Waals surface area contributed by atoms with Crippen LogP contribution in [0.15, 0.2) is 42.5 Å². The van der Waals surface area contributed by atoms with E-state index in [-0.39, 0.29) is 23.7 Å². The van der Waals surface area contributed by atoms with E-state index in [1.165, 1.54) is 26.0 Å². The van der Waals surface area contributed by atoms with Crippen molar-refractivity contribution in [3.8, 4) is 11.5 Å². The van der Waals surface area contributed by atoms with Gasteiger partial charge in [0.05, 0.1) is 6.10 Å². The van der Waals surface area contributed by atoms with Crippen LogP contribution in [0.1, 0.15) is 67.7 Å². The first kappa shape index (κ1) is 23.4. The molecule has 2 saturated carbocycles. The van der Waals surface area contributed by atoms with Crippen molar-refractivity contribution in [2.75, 3.05) is 7.11 Å². The van der Waals surface area contributed by atoms with Crippen LogP contribution >= 0.6 is 0 Å². The molecule has 5 nitrogen and oxygen atoms in total. The number of rotatable bonds is 9. The van der Waals surface area contributed by atoms with Crippen molar-refractivity contribution in [3.63, 3.8) is 0 Å². The molecule has 8 heteroatoms. The molecule has 2 aliphatic carbocycles. The predicted molar refractivity (Wildman–Crippen MR) is 114 cm³/mol. The van der Waals surface area contributed by atoms with E-state index in [1.807, 2.05) is 12.1 Å². The van der Waals surface area contributed by atoms with Gasteiger partial charge in [0.25, 0.3) is 0 Å². The maximum atomic E-state index is 12.4. The number of halogens is 3. The molecular formula is C25H27F3O5. The lowest BCUT2D eigenvalue weighted by Crippen LogP contribution is -2.38. The van der Waals surface area contributed by atoms with Crippen LogP contribution in [0.4, 0.5) is 13.2 Å². The van der Waals surface area contributed by atoms with E-state index >= 15 is 0 Å². The van der Waals surface area contributed by atoms with E-state index in [4.69, 9.17) is 9.47 Å². The molecule has 0 amide bonds. The molecule has 0 saturated heterocycles. The molecule has 0 radical (unpaired) electrons. The Hall–Kier alpha value is -2.74. The van der Waals surface area contributed by atoms with Crippen LogP contribution < -0.4 is 9.47 Å². The number of benzene rings is 2. The second-order valence-electron chi connectivity index (χ2n) is 9.27. The molecular weight excluding hydrogens is 437 g/mol. The van der Waals surface area contributed by atoms with E-state index in [9.17, 15) is 23.1 Å². The summed E-state index contributed by atoms with van der Waals surface area (Å²) < 4.78 is 52.7. The lowest BCUT2D eigenvalue weighted by molar-refractivity contribution is -0.274. The number of carboxylic acid groups (broad SMARTS) is 1.